The number of sulfonamides is 1. The van der Waals surface area contributed by atoms with E-state index in [4.69, 9.17) is 9.47 Å². The first-order valence-corrected chi connectivity index (χ1v) is 13.9. The van der Waals surface area contributed by atoms with Gasteiger partial charge in [-0.05, 0) is 86.3 Å². The van der Waals surface area contributed by atoms with Crippen LogP contribution in [0.15, 0.2) is 82.6 Å². The monoisotopic (exact) mass is 514 g/mol. The first-order valence-electron chi connectivity index (χ1n) is 11.3. The highest BCUT2D eigenvalue weighted by molar-refractivity contribution is 7.98. The maximum Gasteiger partial charge on any atom is 0.264 e. The maximum atomic E-state index is 13.5. The second-order valence-corrected chi connectivity index (χ2v) is 10.2. The summed E-state index contributed by atoms with van der Waals surface area (Å²) >= 11 is 1.52. The van der Waals surface area contributed by atoms with Crippen molar-refractivity contribution in [1.29, 1.82) is 0 Å². The van der Waals surface area contributed by atoms with Crippen molar-refractivity contribution in [3.8, 4) is 11.5 Å². The minimum Gasteiger partial charge on any atom is -0.494 e. The van der Waals surface area contributed by atoms with Crippen molar-refractivity contribution in [2.45, 2.75) is 30.2 Å². The predicted molar refractivity (Wildman–Crippen MR) is 140 cm³/mol. The second-order valence-electron chi connectivity index (χ2n) is 7.47. The molecule has 0 fully saturated rings. The molecule has 9 heteroatoms. The number of carbonyl (C=O) groups excluding carboxylic acids is 1. The van der Waals surface area contributed by atoms with Gasteiger partial charge in [-0.2, -0.15) is 0 Å². The predicted octanol–water partition coefficient (Wildman–Crippen LogP) is 4.72. The number of anilines is 1. The number of nitrogens with one attached hydrogen (secondary N) is 1. The largest absolute Gasteiger partial charge is 0.494 e. The van der Waals surface area contributed by atoms with E-state index in [9.17, 15) is 13.2 Å². The fourth-order valence-electron chi connectivity index (χ4n) is 3.32. The minimum absolute atomic E-state index is 0.114. The zero-order chi connectivity index (χ0) is 25.3. The van der Waals surface area contributed by atoms with Crippen LogP contribution in [0.4, 0.5) is 5.69 Å². The second kappa shape index (κ2) is 12.5. The van der Waals surface area contributed by atoms with Crippen molar-refractivity contribution in [3.05, 3.63) is 78.4 Å². The quantitative estimate of drug-likeness (QED) is 0.352. The van der Waals surface area contributed by atoms with Gasteiger partial charge in [0.15, 0.2) is 0 Å². The number of benzene rings is 3. The highest BCUT2D eigenvalue weighted by Gasteiger charge is 2.27. The third-order valence-corrected chi connectivity index (χ3v) is 7.63. The summed E-state index contributed by atoms with van der Waals surface area (Å²) in [6, 6.07) is 20.7. The summed E-state index contributed by atoms with van der Waals surface area (Å²) in [6.07, 6.45) is 1.92. The summed E-state index contributed by atoms with van der Waals surface area (Å²) in [5.74, 6) is 0.956. The summed E-state index contributed by atoms with van der Waals surface area (Å²) in [5, 5.41) is 2.81. The number of nitrogens with zero attached hydrogens (tertiary/aromatic N) is 1. The van der Waals surface area contributed by atoms with Crippen molar-refractivity contribution in [3.63, 3.8) is 0 Å². The molecular weight excluding hydrogens is 484 g/mol. The molecule has 0 radical (unpaired) electrons. The van der Waals surface area contributed by atoms with Crippen LogP contribution in [0, 0.1) is 0 Å². The molecular formula is C26H30N2O5S2. The molecule has 0 bridgehead atoms. The summed E-state index contributed by atoms with van der Waals surface area (Å²) < 4.78 is 39.1. The van der Waals surface area contributed by atoms with Gasteiger partial charge < -0.3 is 14.8 Å². The van der Waals surface area contributed by atoms with Crippen LogP contribution in [-0.4, -0.2) is 40.3 Å². The lowest BCUT2D eigenvalue weighted by molar-refractivity contribution is -0.119. The Balaban J connectivity index is 1.81. The van der Waals surface area contributed by atoms with Crippen molar-refractivity contribution >= 4 is 33.4 Å². The number of amides is 1. The Labute approximate surface area is 211 Å². The van der Waals surface area contributed by atoms with Gasteiger partial charge in [-0.15, -0.1) is 11.8 Å². The highest BCUT2D eigenvalue weighted by atomic mass is 32.2. The van der Waals surface area contributed by atoms with Gasteiger partial charge >= 0.3 is 0 Å². The van der Waals surface area contributed by atoms with Crippen LogP contribution in [0.5, 0.6) is 11.5 Å². The smallest absolute Gasteiger partial charge is 0.264 e. The zero-order valence-electron chi connectivity index (χ0n) is 20.1. The van der Waals surface area contributed by atoms with Crippen LogP contribution in [0.3, 0.4) is 0 Å². The molecule has 35 heavy (non-hydrogen) atoms. The Hall–Kier alpha value is -3.17. The molecule has 0 aliphatic carbocycles. The Kier molecular flexibility index (Phi) is 9.45. The molecule has 3 aromatic rings. The van der Waals surface area contributed by atoms with Gasteiger partial charge in [0.25, 0.3) is 10.0 Å². The Morgan fingerprint density at radius 2 is 1.40 bits per heavy atom. The van der Waals surface area contributed by atoms with E-state index in [-0.39, 0.29) is 18.0 Å². The zero-order valence-corrected chi connectivity index (χ0v) is 21.7. The average Bonchev–Trinajstić information content (AvgIpc) is 2.88. The number of carbonyl (C=O) groups is 1. The van der Waals surface area contributed by atoms with Gasteiger partial charge in [0, 0.05) is 11.4 Å². The van der Waals surface area contributed by atoms with Gasteiger partial charge in [0.05, 0.1) is 23.8 Å². The summed E-state index contributed by atoms with van der Waals surface area (Å²) in [5.41, 5.74) is 1.25. The van der Waals surface area contributed by atoms with E-state index in [2.05, 4.69) is 5.32 Å². The topological polar surface area (TPSA) is 84.9 Å². The summed E-state index contributed by atoms with van der Waals surface area (Å²) in [4.78, 5) is 13.9. The van der Waals surface area contributed by atoms with Crippen LogP contribution in [-0.2, 0) is 21.4 Å². The number of thioether (sulfide) groups is 1. The van der Waals surface area contributed by atoms with Gasteiger partial charge in [-0.3, -0.25) is 9.10 Å². The molecule has 0 aliphatic heterocycles. The Morgan fingerprint density at radius 1 is 0.857 bits per heavy atom. The molecule has 3 rings (SSSR count). The van der Waals surface area contributed by atoms with Crippen molar-refractivity contribution in [2.75, 3.05) is 30.3 Å². The molecule has 0 spiro atoms. The third kappa shape index (κ3) is 7.16. The number of hydrogen-bond donors (Lipinski definition) is 1. The summed E-state index contributed by atoms with van der Waals surface area (Å²) in [7, 11) is -3.99. The van der Waals surface area contributed by atoms with Gasteiger partial charge in [0.1, 0.15) is 18.0 Å². The fourth-order valence-corrected chi connectivity index (χ4v) is 5.15. The lowest BCUT2D eigenvalue weighted by atomic mass is 10.2. The van der Waals surface area contributed by atoms with E-state index in [1.165, 1.54) is 11.8 Å². The van der Waals surface area contributed by atoms with Crippen LogP contribution in [0.25, 0.3) is 0 Å². The lowest BCUT2D eigenvalue weighted by Gasteiger charge is -2.24. The molecule has 0 atom stereocenters. The average molecular weight is 515 g/mol. The first kappa shape index (κ1) is 26.4. The van der Waals surface area contributed by atoms with Crippen molar-refractivity contribution < 1.29 is 22.7 Å². The molecule has 0 aromatic heterocycles. The van der Waals surface area contributed by atoms with Crippen LogP contribution in [0.2, 0.25) is 0 Å². The normalized spacial score (nSPS) is 11.1. The van der Waals surface area contributed by atoms with E-state index in [1.807, 2.05) is 44.4 Å². The molecule has 1 N–H and O–H groups in total. The molecule has 1 amide bonds. The Bertz CT molecular complexity index is 1200. The van der Waals surface area contributed by atoms with Gasteiger partial charge in [-0.1, -0.05) is 12.1 Å². The Morgan fingerprint density at radius 3 is 1.91 bits per heavy atom. The number of ether oxygens (including phenoxy) is 2. The van der Waals surface area contributed by atoms with E-state index >= 15 is 0 Å². The van der Waals surface area contributed by atoms with E-state index in [0.29, 0.717) is 24.7 Å². The van der Waals surface area contributed by atoms with Gasteiger partial charge in [-0.25, -0.2) is 8.42 Å². The SMILES string of the molecule is CCOc1ccc(CNC(=O)CN(c2ccc(OCC)cc2)S(=O)(=O)c2ccc(SC)cc2)cc1. The molecule has 186 valence electrons. The molecule has 3 aromatic carbocycles. The van der Waals surface area contributed by atoms with Crippen molar-refractivity contribution in [2.24, 2.45) is 0 Å². The maximum absolute atomic E-state index is 13.5. The molecule has 0 heterocycles. The molecule has 7 nitrogen and oxygen atoms in total. The van der Waals surface area contributed by atoms with Gasteiger partial charge in [0.2, 0.25) is 5.91 Å². The summed E-state index contributed by atoms with van der Waals surface area (Å²) in [6.45, 7) is 4.76. The molecule has 0 aliphatic rings. The van der Waals surface area contributed by atoms with Crippen LogP contribution < -0.4 is 19.1 Å². The van der Waals surface area contributed by atoms with Crippen molar-refractivity contribution in [1.82, 2.24) is 5.32 Å². The standard InChI is InChI=1S/C26H30N2O5S2/c1-4-32-22-10-6-20(7-11-22)18-27-26(29)19-28(21-8-12-23(13-9-21)33-5-2)35(30,31)25-16-14-24(34-3)15-17-25/h6-17H,4-5,18-19H2,1-3H3,(H,27,29). The minimum atomic E-state index is -3.99. The lowest BCUT2D eigenvalue weighted by Crippen LogP contribution is -2.40. The first-order chi connectivity index (χ1) is 16.9. The van der Waals surface area contributed by atoms with Crippen LogP contribution in [0.1, 0.15) is 19.4 Å². The van der Waals surface area contributed by atoms with Crippen LogP contribution >= 0.6 is 11.8 Å². The fraction of sp³-hybridized carbons (Fsp3) is 0.269. The highest BCUT2D eigenvalue weighted by Crippen LogP contribution is 2.27. The van der Waals surface area contributed by atoms with E-state index < -0.39 is 15.9 Å². The molecule has 0 unspecified atom stereocenters. The third-order valence-electron chi connectivity index (χ3n) is 5.09. The van der Waals surface area contributed by atoms with E-state index in [0.717, 1.165) is 20.5 Å². The van der Waals surface area contributed by atoms with E-state index in [1.54, 1.807) is 48.5 Å². The molecule has 0 saturated heterocycles. The molecule has 0 saturated carbocycles. The number of rotatable bonds is 12. The number of hydrogen-bond acceptors (Lipinski definition) is 6.